The molecule has 230 valence electrons. The normalized spacial score (nSPS) is 25.3. The van der Waals surface area contributed by atoms with E-state index in [0.717, 1.165) is 21.1 Å². The van der Waals surface area contributed by atoms with Crippen molar-refractivity contribution in [3.63, 3.8) is 0 Å². The van der Waals surface area contributed by atoms with Crippen LogP contribution >= 0.6 is 22.6 Å². The lowest BCUT2D eigenvalue weighted by Gasteiger charge is -2.46. The van der Waals surface area contributed by atoms with Crippen LogP contribution < -0.4 is 0 Å². The summed E-state index contributed by atoms with van der Waals surface area (Å²) < 4.78 is 33.1. The van der Waals surface area contributed by atoms with E-state index in [4.69, 9.17) is 23.7 Å². The van der Waals surface area contributed by atoms with Gasteiger partial charge in [0.1, 0.15) is 23.9 Å². The van der Waals surface area contributed by atoms with E-state index in [1.54, 1.807) is 0 Å². The molecule has 0 radical (unpaired) electrons. The summed E-state index contributed by atoms with van der Waals surface area (Å²) in [5.41, 5.74) is 2.57. The topological polar surface area (TPSA) is 66.5 Å². The number of halogens is 1. The molecule has 2 heterocycles. The SMILES string of the molecule is CC(C)(C)OC(=O)N1C2[C@@H](C[C@@H]1CI)OC(COCc1ccccc1)[C@H](OCc1ccccc1)[C@H]2OCc1ccccc1. The molecule has 8 heteroatoms. The first-order chi connectivity index (χ1) is 20.8. The predicted octanol–water partition coefficient (Wildman–Crippen LogP) is 6.95. The van der Waals surface area contributed by atoms with Gasteiger partial charge >= 0.3 is 6.09 Å². The molecule has 2 unspecified atom stereocenters. The lowest BCUT2D eigenvalue weighted by Crippen LogP contribution is -2.63. The number of alkyl halides is 1. The smallest absolute Gasteiger partial charge is 0.410 e. The maximum Gasteiger partial charge on any atom is 0.410 e. The van der Waals surface area contributed by atoms with Crippen LogP contribution in [0.5, 0.6) is 0 Å². The molecular formula is C35H42INO6. The fraction of sp³-hybridized carbons (Fsp3) is 0.457. The molecule has 3 aromatic rings. The van der Waals surface area contributed by atoms with Gasteiger partial charge in [-0.25, -0.2) is 4.79 Å². The van der Waals surface area contributed by atoms with Gasteiger partial charge in [0.05, 0.1) is 38.6 Å². The molecule has 0 bridgehead atoms. The highest BCUT2D eigenvalue weighted by atomic mass is 127. The second-order valence-corrected chi connectivity index (χ2v) is 13.0. The number of rotatable bonds is 11. The van der Waals surface area contributed by atoms with Crippen molar-refractivity contribution >= 4 is 28.7 Å². The minimum Gasteiger partial charge on any atom is -0.444 e. The zero-order chi connectivity index (χ0) is 30.2. The standard InChI is InChI=1S/C35H42INO6/c1-35(2,3)43-34(38)37-28(20-36)19-29-31(37)33(41-23-27-17-11-6-12-18-27)32(40-22-26-15-9-5-10-16-26)30(42-29)24-39-21-25-13-7-4-8-14-25/h4-18,28-33H,19-24H2,1-3H3/t28-,29-,30?,31?,32+,33+/m1/s1. The summed E-state index contributed by atoms with van der Waals surface area (Å²) in [6.07, 6.45) is -1.23. The first-order valence-electron chi connectivity index (χ1n) is 15.0. The van der Waals surface area contributed by atoms with Gasteiger partial charge in [0, 0.05) is 10.5 Å². The molecule has 6 atom stereocenters. The summed E-state index contributed by atoms with van der Waals surface area (Å²) >= 11 is 2.35. The average molecular weight is 700 g/mol. The molecule has 2 saturated heterocycles. The van der Waals surface area contributed by atoms with E-state index in [0.29, 0.717) is 32.8 Å². The zero-order valence-corrected chi connectivity index (χ0v) is 27.3. The number of hydrogen-bond donors (Lipinski definition) is 0. The van der Waals surface area contributed by atoms with Gasteiger partial charge in [0.2, 0.25) is 0 Å². The maximum atomic E-state index is 13.7. The molecule has 0 saturated carbocycles. The van der Waals surface area contributed by atoms with Gasteiger partial charge in [-0.3, -0.25) is 4.90 Å². The molecule has 2 aliphatic heterocycles. The van der Waals surface area contributed by atoms with Gasteiger partial charge in [0.25, 0.3) is 0 Å². The number of fused-ring (bicyclic) bond motifs is 1. The van der Waals surface area contributed by atoms with E-state index in [1.165, 1.54) is 0 Å². The fourth-order valence-corrected chi connectivity index (χ4v) is 6.59. The van der Waals surface area contributed by atoms with Gasteiger partial charge < -0.3 is 23.7 Å². The van der Waals surface area contributed by atoms with Crippen molar-refractivity contribution in [2.24, 2.45) is 0 Å². The lowest BCUT2D eigenvalue weighted by atomic mass is 9.92. The van der Waals surface area contributed by atoms with Crippen molar-refractivity contribution in [2.75, 3.05) is 11.0 Å². The molecule has 0 spiro atoms. The van der Waals surface area contributed by atoms with E-state index in [-0.39, 0.29) is 30.4 Å². The summed E-state index contributed by atoms with van der Waals surface area (Å²) in [4.78, 5) is 15.6. The number of hydrogen-bond acceptors (Lipinski definition) is 6. The second-order valence-electron chi connectivity index (χ2n) is 12.2. The number of amides is 1. The number of benzene rings is 3. The fourth-order valence-electron chi connectivity index (χ4n) is 5.81. The number of carbonyl (C=O) groups is 1. The Kier molecular flexibility index (Phi) is 11.1. The zero-order valence-electron chi connectivity index (χ0n) is 25.1. The second kappa shape index (κ2) is 15.0. The predicted molar refractivity (Wildman–Crippen MR) is 174 cm³/mol. The van der Waals surface area contributed by atoms with Crippen LogP contribution in [0.3, 0.4) is 0 Å². The van der Waals surface area contributed by atoms with Crippen LogP contribution in [0.15, 0.2) is 91.0 Å². The summed E-state index contributed by atoms with van der Waals surface area (Å²) in [6.45, 7) is 7.25. The van der Waals surface area contributed by atoms with Gasteiger partial charge in [-0.2, -0.15) is 0 Å². The van der Waals surface area contributed by atoms with Crippen LogP contribution in [-0.4, -0.2) is 64.1 Å². The van der Waals surface area contributed by atoms with Gasteiger partial charge in [-0.05, 0) is 43.9 Å². The maximum absolute atomic E-state index is 13.7. The quantitative estimate of drug-likeness (QED) is 0.160. The highest BCUT2D eigenvalue weighted by molar-refractivity contribution is 14.1. The minimum atomic E-state index is -0.627. The molecule has 3 aromatic carbocycles. The van der Waals surface area contributed by atoms with E-state index < -0.39 is 17.8 Å². The summed E-state index contributed by atoms with van der Waals surface area (Å²) in [5.74, 6) is 0. The molecule has 0 N–H and O–H groups in total. The molecule has 2 aliphatic rings. The van der Waals surface area contributed by atoms with Crippen molar-refractivity contribution < 1.29 is 28.5 Å². The van der Waals surface area contributed by atoms with Gasteiger partial charge in [0.15, 0.2) is 0 Å². The van der Waals surface area contributed by atoms with Crippen LogP contribution in [0.25, 0.3) is 0 Å². The Morgan fingerprint density at radius 2 is 1.33 bits per heavy atom. The molecule has 0 aromatic heterocycles. The third-order valence-corrected chi connectivity index (χ3v) is 8.74. The van der Waals surface area contributed by atoms with Crippen LogP contribution in [0.1, 0.15) is 43.9 Å². The molecule has 2 fully saturated rings. The highest BCUT2D eigenvalue weighted by Gasteiger charge is 2.57. The van der Waals surface area contributed by atoms with E-state index in [2.05, 4.69) is 22.6 Å². The van der Waals surface area contributed by atoms with E-state index >= 15 is 0 Å². The molecule has 0 aliphatic carbocycles. The number of nitrogens with zero attached hydrogens (tertiary/aromatic N) is 1. The molecule has 5 rings (SSSR count). The van der Waals surface area contributed by atoms with Crippen molar-refractivity contribution in [1.82, 2.24) is 4.90 Å². The van der Waals surface area contributed by atoms with Gasteiger partial charge in [-0.1, -0.05) is 114 Å². The van der Waals surface area contributed by atoms with Crippen LogP contribution in [0.4, 0.5) is 4.79 Å². The molecule has 7 nitrogen and oxygen atoms in total. The monoisotopic (exact) mass is 699 g/mol. The Labute approximate surface area is 268 Å². The minimum absolute atomic E-state index is 0.0490. The summed E-state index contributed by atoms with van der Waals surface area (Å²) in [6, 6.07) is 29.9. The Morgan fingerprint density at radius 1 is 0.814 bits per heavy atom. The first-order valence-corrected chi connectivity index (χ1v) is 16.5. The number of carbonyl (C=O) groups excluding carboxylic acids is 1. The number of likely N-dealkylation sites (tertiary alicyclic amines) is 1. The van der Waals surface area contributed by atoms with Crippen molar-refractivity contribution in [1.29, 1.82) is 0 Å². The highest BCUT2D eigenvalue weighted by Crippen LogP contribution is 2.40. The van der Waals surface area contributed by atoms with Crippen molar-refractivity contribution in [3.8, 4) is 0 Å². The lowest BCUT2D eigenvalue weighted by molar-refractivity contribution is -0.234. The van der Waals surface area contributed by atoms with Crippen molar-refractivity contribution in [2.45, 2.75) is 89.1 Å². The van der Waals surface area contributed by atoms with Crippen molar-refractivity contribution in [3.05, 3.63) is 108 Å². The Hall–Kier alpha value is -2.50. The summed E-state index contributed by atoms with van der Waals surface area (Å²) in [5, 5.41) is 0. The van der Waals surface area contributed by atoms with Crippen LogP contribution in [-0.2, 0) is 43.5 Å². The first kappa shape index (κ1) is 31.9. The van der Waals surface area contributed by atoms with Crippen LogP contribution in [0.2, 0.25) is 0 Å². The molecule has 1 amide bonds. The number of ether oxygens (including phenoxy) is 5. The third-order valence-electron chi connectivity index (χ3n) is 7.72. The van der Waals surface area contributed by atoms with Crippen LogP contribution in [0, 0.1) is 0 Å². The van der Waals surface area contributed by atoms with E-state index in [1.807, 2.05) is 117 Å². The Balaban J connectivity index is 1.45. The third kappa shape index (κ3) is 8.57. The molecular weight excluding hydrogens is 657 g/mol. The average Bonchev–Trinajstić information content (AvgIpc) is 3.38. The summed E-state index contributed by atoms with van der Waals surface area (Å²) in [7, 11) is 0. The Morgan fingerprint density at radius 3 is 1.84 bits per heavy atom. The van der Waals surface area contributed by atoms with E-state index in [9.17, 15) is 4.79 Å². The Bertz CT molecular complexity index is 1270. The van der Waals surface area contributed by atoms with Gasteiger partial charge in [-0.15, -0.1) is 0 Å². The molecule has 43 heavy (non-hydrogen) atoms. The largest absolute Gasteiger partial charge is 0.444 e.